The molecule has 0 radical (unpaired) electrons. The van der Waals surface area contributed by atoms with Gasteiger partial charge in [0.25, 0.3) is 0 Å². The second-order valence-corrected chi connectivity index (χ2v) is 9.83. The molecular weight excluding hydrogens is 411 g/mol. The number of amides is 1. The topological polar surface area (TPSA) is 113 Å². The van der Waals surface area contributed by atoms with Gasteiger partial charge in [0.1, 0.15) is 11.0 Å². The first-order chi connectivity index (χ1) is 14.4. The molecule has 2 aliphatic rings. The van der Waals surface area contributed by atoms with Gasteiger partial charge in [-0.25, -0.2) is 17.6 Å². The zero-order valence-electron chi connectivity index (χ0n) is 16.7. The number of nitrogens with one attached hydrogen (secondary N) is 3. The quantitative estimate of drug-likeness (QED) is 0.640. The number of aromatic nitrogens is 2. The molecule has 0 saturated heterocycles. The van der Waals surface area contributed by atoms with Crippen molar-refractivity contribution in [3.63, 3.8) is 0 Å². The summed E-state index contributed by atoms with van der Waals surface area (Å²) in [5.41, 5.74) is 1.46. The van der Waals surface area contributed by atoms with E-state index in [-0.39, 0.29) is 28.4 Å². The normalized spacial score (nSPS) is 21.9. The van der Waals surface area contributed by atoms with Gasteiger partial charge in [-0.15, -0.1) is 0 Å². The molecule has 0 bridgehead atoms. The van der Waals surface area contributed by atoms with E-state index < -0.39 is 21.7 Å². The molecule has 2 aromatic rings. The molecule has 0 spiro atoms. The van der Waals surface area contributed by atoms with Gasteiger partial charge in [0.15, 0.2) is 21.5 Å². The number of aromatic amines is 1. The Bertz CT molecular complexity index is 1050. The van der Waals surface area contributed by atoms with Crippen LogP contribution in [-0.2, 0) is 21.0 Å². The molecule has 30 heavy (non-hydrogen) atoms. The summed E-state index contributed by atoms with van der Waals surface area (Å²) in [7, 11) is -3.57. The Balaban J connectivity index is 1.41. The number of carbonyl (C=O) groups is 1. The van der Waals surface area contributed by atoms with Crippen LogP contribution < -0.4 is 10.6 Å². The standard InChI is InChI=1S/C20H25FN4O4S/c1-2-8-22-20(26)29-14-5-3-13(10-14)16-11-17(25-24-16)23-15-6-4-12-7-9-30(27,28)19(12)18(15)21/h4,6,11,13-14H,2-3,5,7-10H2,1H3,(H,22,26)(H2,23,24,25)/t13-,14+/m1/s1. The summed E-state index contributed by atoms with van der Waals surface area (Å²) >= 11 is 0. The van der Waals surface area contributed by atoms with Crippen molar-refractivity contribution in [2.24, 2.45) is 0 Å². The van der Waals surface area contributed by atoms with Gasteiger partial charge < -0.3 is 15.4 Å². The number of sulfone groups is 1. The summed E-state index contributed by atoms with van der Waals surface area (Å²) in [5, 5.41) is 12.7. The highest BCUT2D eigenvalue weighted by atomic mass is 32.2. The number of ether oxygens (including phenoxy) is 1. The number of halogens is 1. The van der Waals surface area contributed by atoms with Crippen molar-refractivity contribution in [3.05, 3.63) is 35.3 Å². The fourth-order valence-electron chi connectivity index (χ4n) is 4.07. The second kappa shape index (κ2) is 8.25. The molecule has 3 N–H and O–H groups in total. The third-order valence-corrected chi connectivity index (χ3v) is 7.41. The van der Waals surface area contributed by atoms with E-state index in [9.17, 15) is 17.6 Å². The Hall–Kier alpha value is -2.62. The first-order valence-electron chi connectivity index (χ1n) is 10.2. The molecule has 1 fully saturated rings. The maximum absolute atomic E-state index is 14.8. The summed E-state index contributed by atoms with van der Waals surface area (Å²) in [4.78, 5) is 11.5. The zero-order chi connectivity index (χ0) is 21.3. The number of benzene rings is 1. The molecule has 8 nitrogen and oxygen atoms in total. The van der Waals surface area contributed by atoms with Crippen molar-refractivity contribution in [2.45, 2.75) is 55.9 Å². The average Bonchev–Trinajstić information content (AvgIpc) is 3.42. The van der Waals surface area contributed by atoms with E-state index in [1.54, 1.807) is 12.1 Å². The predicted molar refractivity (Wildman–Crippen MR) is 109 cm³/mol. The van der Waals surface area contributed by atoms with Crippen LogP contribution in [0.2, 0.25) is 0 Å². The Morgan fingerprint density at radius 3 is 3.00 bits per heavy atom. The highest BCUT2D eigenvalue weighted by Crippen LogP contribution is 2.37. The van der Waals surface area contributed by atoms with Gasteiger partial charge in [-0.1, -0.05) is 13.0 Å². The fourth-order valence-corrected chi connectivity index (χ4v) is 5.71. The fraction of sp³-hybridized carbons (Fsp3) is 0.500. The summed E-state index contributed by atoms with van der Waals surface area (Å²) in [6.45, 7) is 2.56. The van der Waals surface area contributed by atoms with Crippen LogP contribution in [-0.4, -0.2) is 43.1 Å². The van der Waals surface area contributed by atoms with E-state index in [4.69, 9.17) is 4.74 Å². The molecule has 2 heterocycles. The Kier molecular flexibility index (Phi) is 5.68. The minimum Gasteiger partial charge on any atom is -0.446 e. The SMILES string of the molecule is CCCNC(=O)O[C@H]1CC[C@@H](c2cc(Nc3ccc4c(c3F)S(=O)(=O)CC4)n[nH]2)C1. The van der Waals surface area contributed by atoms with Crippen LogP contribution in [0, 0.1) is 5.82 Å². The predicted octanol–water partition coefficient (Wildman–Crippen LogP) is 3.39. The van der Waals surface area contributed by atoms with E-state index in [0.29, 0.717) is 30.8 Å². The zero-order valence-corrected chi connectivity index (χ0v) is 17.5. The third kappa shape index (κ3) is 4.14. The molecule has 0 unspecified atom stereocenters. The van der Waals surface area contributed by atoms with Gasteiger partial charge in [0, 0.05) is 24.2 Å². The smallest absolute Gasteiger partial charge is 0.407 e. The number of aryl methyl sites for hydroxylation is 1. The van der Waals surface area contributed by atoms with Crippen LogP contribution in [0.4, 0.5) is 20.7 Å². The summed E-state index contributed by atoms with van der Waals surface area (Å²) in [6.07, 6.45) is 2.95. The first-order valence-corrected chi connectivity index (χ1v) is 11.8. The Morgan fingerprint density at radius 1 is 1.37 bits per heavy atom. The van der Waals surface area contributed by atoms with Crippen molar-refractivity contribution in [1.29, 1.82) is 0 Å². The molecule has 10 heteroatoms. The minimum absolute atomic E-state index is 0.0589. The molecule has 1 aliphatic heterocycles. The van der Waals surface area contributed by atoms with E-state index in [2.05, 4.69) is 20.8 Å². The van der Waals surface area contributed by atoms with Gasteiger partial charge in [-0.05, 0) is 43.7 Å². The summed E-state index contributed by atoms with van der Waals surface area (Å²) in [6, 6.07) is 4.96. The van der Waals surface area contributed by atoms with Crippen LogP contribution >= 0.6 is 0 Å². The number of anilines is 2. The number of fused-ring (bicyclic) bond motifs is 1. The number of rotatable bonds is 6. The van der Waals surface area contributed by atoms with Gasteiger partial charge in [0.05, 0.1) is 11.4 Å². The lowest BCUT2D eigenvalue weighted by Crippen LogP contribution is -2.28. The van der Waals surface area contributed by atoms with E-state index in [1.165, 1.54) is 6.07 Å². The lowest BCUT2D eigenvalue weighted by Gasteiger charge is -2.12. The highest BCUT2D eigenvalue weighted by Gasteiger charge is 2.32. The lowest BCUT2D eigenvalue weighted by atomic mass is 10.0. The van der Waals surface area contributed by atoms with Crippen LogP contribution in [0.5, 0.6) is 0 Å². The number of hydrogen-bond acceptors (Lipinski definition) is 6. The number of alkyl carbamates (subject to hydrolysis) is 1. The Morgan fingerprint density at radius 2 is 2.20 bits per heavy atom. The molecular formula is C20H25FN4O4S. The minimum atomic E-state index is -3.57. The lowest BCUT2D eigenvalue weighted by molar-refractivity contribution is 0.100. The average molecular weight is 437 g/mol. The molecule has 1 aromatic heterocycles. The van der Waals surface area contributed by atoms with E-state index >= 15 is 0 Å². The second-order valence-electron chi connectivity index (χ2n) is 7.78. The molecule has 1 aliphatic carbocycles. The van der Waals surface area contributed by atoms with E-state index in [1.807, 2.05) is 6.92 Å². The number of hydrogen-bond donors (Lipinski definition) is 3. The van der Waals surface area contributed by atoms with Gasteiger partial charge in [0.2, 0.25) is 0 Å². The van der Waals surface area contributed by atoms with Gasteiger partial charge in [-0.2, -0.15) is 5.10 Å². The monoisotopic (exact) mass is 436 g/mol. The maximum Gasteiger partial charge on any atom is 0.407 e. The molecule has 1 amide bonds. The first kappa shape index (κ1) is 20.6. The Labute approximate surface area is 174 Å². The molecule has 2 atom stereocenters. The van der Waals surface area contributed by atoms with Gasteiger partial charge >= 0.3 is 6.09 Å². The van der Waals surface area contributed by atoms with Crippen molar-refractivity contribution < 1.29 is 22.3 Å². The highest BCUT2D eigenvalue weighted by molar-refractivity contribution is 7.91. The number of H-pyrrole nitrogens is 1. The molecule has 1 saturated carbocycles. The van der Waals surface area contributed by atoms with Gasteiger partial charge in [-0.3, -0.25) is 5.10 Å². The molecule has 162 valence electrons. The van der Waals surface area contributed by atoms with Crippen LogP contribution in [0.1, 0.15) is 49.8 Å². The van der Waals surface area contributed by atoms with Crippen molar-refractivity contribution in [1.82, 2.24) is 15.5 Å². The van der Waals surface area contributed by atoms with Crippen molar-refractivity contribution in [2.75, 3.05) is 17.6 Å². The maximum atomic E-state index is 14.8. The third-order valence-electron chi connectivity index (χ3n) is 5.61. The van der Waals surface area contributed by atoms with Crippen LogP contribution in [0.25, 0.3) is 0 Å². The number of nitrogens with zero attached hydrogens (tertiary/aromatic N) is 1. The van der Waals surface area contributed by atoms with Crippen molar-refractivity contribution in [3.8, 4) is 0 Å². The largest absolute Gasteiger partial charge is 0.446 e. The van der Waals surface area contributed by atoms with Crippen LogP contribution in [0.15, 0.2) is 23.1 Å². The molecule has 1 aromatic carbocycles. The van der Waals surface area contributed by atoms with Crippen molar-refractivity contribution >= 4 is 27.4 Å². The summed E-state index contributed by atoms with van der Waals surface area (Å²) < 4.78 is 44.4. The summed E-state index contributed by atoms with van der Waals surface area (Å²) in [5.74, 6) is -0.259. The number of carbonyl (C=O) groups excluding carboxylic acids is 1. The van der Waals surface area contributed by atoms with E-state index in [0.717, 1.165) is 25.0 Å². The van der Waals surface area contributed by atoms with Crippen LogP contribution in [0.3, 0.4) is 0 Å². The molecule has 4 rings (SSSR count).